The third-order valence-electron chi connectivity index (χ3n) is 2.56. The SMILES string of the molecule is C.CC(C)CC(=O)NC1CCCCC1. The highest BCUT2D eigenvalue weighted by atomic mass is 16.1. The van der Waals surface area contributed by atoms with E-state index in [4.69, 9.17) is 0 Å². The van der Waals surface area contributed by atoms with Gasteiger partial charge in [0.1, 0.15) is 0 Å². The van der Waals surface area contributed by atoms with Gasteiger partial charge in [0.2, 0.25) is 5.91 Å². The van der Waals surface area contributed by atoms with Crippen molar-refractivity contribution in [1.82, 2.24) is 5.32 Å². The molecule has 0 atom stereocenters. The van der Waals surface area contributed by atoms with Gasteiger partial charge in [-0.15, -0.1) is 0 Å². The molecule has 0 saturated heterocycles. The highest BCUT2D eigenvalue weighted by Gasteiger charge is 2.15. The molecule has 1 amide bonds. The number of hydrogen-bond donors (Lipinski definition) is 1. The summed E-state index contributed by atoms with van der Waals surface area (Å²) in [4.78, 5) is 11.4. The van der Waals surface area contributed by atoms with Crippen molar-refractivity contribution in [2.24, 2.45) is 5.92 Å². The average molecular weight is 199 g/mol. The minimum absolute atomic E-state index is 0. The summed E-state index contributed by atoms with van der Waals surface area (Å²) in [6, 6.07) is 0.472. The molecular formula is C12H25NO. The molecule has 2 nitrogen and oxygen atoms in total. The number of carbonyl (C=O) groups is 1. The predicted molar refractivity (Wildman–Crippen MR) is 61.2 cm³/mol. The summed E-state index contributed by atoms with van der Waals surface area (Å²) in [6.07, 6.45) is 6.96. The molecule has 0 aromatic heterocycles. The topological polar surface area (TPSA) is 29.1 Å². The first-order valence-corrected chi connectivity index (χ1v) is 5.48. The second kappa shape index (κ2) is 6.86. The molecule has 1 saturated carbocycles. The van der Waals surface area contributed by atoms with Gasteiger partial charge < -0.3 is 5.32 Å². The lowest BCUT2D eigenvalue weighted by Gasteiger charge is -2.23. The van der Waals surface area contributed by atoms with Crippen LogP contribution in [0.4, 0.5) is 0 Å². The molecule has 14 heavy (non-hydrogen) atoms. The third kappa shape index (κ3) is 5.25. The Hall–Kier alpha value is -0.530. The van der Waals surface area contributed by atoms with Gasteiger partial charge in [-0.1, -0.05) is 40.5 Å². The van der Waals surface area contributed by atoms with Crippen LogP contribution < -0.4 is 5.32 Å². The van der Waals surface area contributed by atoms with E-state index >= 15 is 0 Å². The van der Waals surface area contributed by atoms with Gasteiger partial charge in [-0.3, -0.25) is 4.79 Å². The molecule has 0 bridgehead atoms. The first-order valence-electron chi connectivity index (χ1n) is 5.48. The highest BCUT2D eigenvalue weighted by Crippen LogP contribution is 2.17. The Bertz CT molecular complexity index is 160. The van der Waals surface area contributed by atoms with E-state index in [0.717, 1.165) is 0 Å². The molecule has 0 spiro atoms. The number of nitrogens with one attached hydrogen (secondary N) is 1. The molecule has 1 aliphatic rings. The van der Waals surface area contributed by atoms with E-state index in [9.17, 15) is 4.79 Å². The van der Waals surface area contributed by atoms with Gasteiger partial charge in [-0.25, -0.2) is 0 Å². The average Bonchev–Trinajstić information content (AvgIpc) is 2.04. The fraction of sp³-hybridized carbons (Fsp3) is 0.917. The van der Waals surface area contributed by atoms with Crippen LogP contribution in [0.2, 0.25) is 0 Å². The van der Waals surface area contributed by atoms with Crippen molar-refractivity contribution in [3.8, 4) is 0 Å². The van der Waals surface area contributed by atoms with Crippen LogP contribution in [0.5, 0.6) is 0 Å². The first kappa shape index (κ1) is 13.5. The van der Waals surface area contributed by atoms with Crippen LogP contribution in [0, 0.1) is 5.92 Å². The number of carbonyl (C=O) groups excluding carboxylic acids is 1. The van der Waals surface area contributed by atoms with Gasteiger partial charge in [0, 0.05) is 12.5 Å². The molecule has 0 unspecified atom stereocenters. The predicted octanol–water partition coefficient (Wildman–Crippen LogP) is 3.12. The van der Waals surface area contributed by atoms with Gasteiger partial charge in [-0.2, -0.15) is 0 Å². The summed E-state index contributed by atoms with van der Waals surface area (Å²) in [6.45, 7) is 4.17. The Morgan fingerprint density at radius 1 is 1.29 bits per heavy atom. The van der Waals surface area contributed by atoms with E-state index < -0.39 is 0 Å². The number of rotatable bonds is 3. The maximum absolute atomic E-state index is 11.4. The van der Waals surface area contributed by atoms with Crippen LogP contribution in [0.25, 0.3) is 0 Å². The van der Waals surface area contributed by atoms with E-state index in [-0.39, 0.29) is 13.3 Å². The lowest BCUT2D eigenvalue weighted by molar-refractivity contribution is -0.122. The molecule has 1 rings (SSSR count). The molecule has 0 aromatic carbocycles. The Morgan fingerprint density at radius 3 is 2.36 bits per heavy atom. The van der Waals surface area contributed by atoms with Crippen molar-refractivity contribution in [2.75, 3.05) is 0 Å². The Labute approximate surface area is 88.5 Å². The third-order valence-corrected chi connectivity index (χ3v) is 2.56. The fourth-order valence-corrected chi connectivity index (χ4v) is 1.90. The molecule has 84 valence electrons. The summed E-state index contributed by atoms with van der Waals surface area (Å²) in [5.74, 6) is 0.713. The Kier molecular flexibility index (Phi) is 6.60. The lowest BCUT2D eigenvalue weighted by atomic mass is 9.95. The Morgan fingerprint density at radius 2 is 1.86 bits per heavy atom. The lowest BCUT2D eigenvalue weighted by Crippen LogP contribution is -2.36. The second-order valence-electron chi connectivity index (χ2n) is 4.50. The first-order chi connectivity index (χ1) is 6.18. The smallest absolute Gasteiger partial charge is 0.220 e. The molecule has 0 heterocycles. The minimum atomic E-state index is 0. The van der Waals surface area contributed by atoms with Crippen LogP contribution >= 0.6 is 0 Å². The maximum atomic E-state index is 11.4. The number of hydrogen-bond acceptors (Lipinski definition) is 1. The van der Waals surface area contributed by atoms with Crippen LogP contribution in [0.1, 0.15) is 59.8 Å². The summed E-state index contributed by atoms with van der Waals surface area (Å²) < 4.78 is 0. The van der Waals surface area contributed by atoms with Crippen molar-refractivity contribution in [3.05, 3.63) is 0 Å². The van der Waals surface area contributed by atoms with Crippen molar-refractivity contribution < 1.29 is 4.79 Å². The van der Waals surface area contributed by atoms with Gasteiger partial charge in [0.05, 0.1) is 0 Å². The second-order valence-corrected chi connectivity index (χ2v) is 4.50. The zero-order chi connectivity index (χ0) is 9.68. The van der Waals surface area contributed by atoms with Crippen LogP contribution in [-0.2, 0) is 4.79 Å². The van der Waals surface area contributed by atoms with Crippen molar-refractivity contribution >= 4 is 5.91 Å². The van der Waals surface area contributed by atoms with E-state index in [0.29, 0.717) is 18.4 Å². The van der Waals surface area contributed by atoms with Crippen LogP contribution in [0.3, 0.4) is 0 Å². The summed E-state index contributed by atoms with van der Waals surface area (Å²) in [5, 5.41) is 3.11. The molecular weight excluding hydrogens is 174 g/mol. The van der Waals surface area contributed by atoms with Crippen molar-refractivity contribution in [1.29, 1.82) is 0 Å². The van der Waals surface area contributed by atoms with Crippen LogP contribution in [0.15, 0.2) is 0 Å². The monoisotopic (exact) mass is 199 g/mol. The number of amides is 1. The van der Waals surface area contributed by atoms with Gasteiger partial charge in [0.15, 0.2) is 0 Å². The zero-order valence-corrected chi connectivity index (χ0v) is 8.81. The summed E-state index contributed by atoms with van der Waals surface area (Å²) in [7, 11) is 0. The quantitative estimate of drug-likeness (QED) is 0.743. The fourth-order valence-electron chi connectivity index (χ4n) is 1.90. The molecule has 1 N–H and O–H groups in total. The van der Waals surface area contributed by atoms with E-state index in [1.54, 1.807) is 0 Å². The molecule has 0 radical (unpaired) electrons. The minimum Gasteiger partial charge on any atom is -0.353 e. The van der Waals surface area contributed by atoms with Crippen LogP contribution in [-0.4, -0.2) is 11.9 Å². The van der Waals surface area contributed by atoms with E-state index in [1.807, 2.05) is 0 Å². The zero-order valence-electron chi connectivity index (χ0n) is 8.81. The van der Waals surface area contributed by atoms with E-state index in [2.05, 4.69) is 19.2 Å². The van der Waals surface area contributed by atoms with E-state index in [1.165, 1.54) is 32.1 Å². The summed E-state index contributed by atoms with van der Waals surface area (Å²) in [5.41, 5.74) is 0. The Balaban J connectivity index is 0.00000169. The van der Waals surface area contributed by atoms with Gasteiger partial charge in [-0.05, 0) is 18.8 Å². The highest BCUT2D eigenvalue weighted by molar-refractivity contribution is 5.76. The normalized spacial score (nSPS) is 17.6. The standard InChI is InChI=1S/C11H21NO.CH4/c1-9(2)8-11(13)12-10-6-4-3-5-7-10;/h9-10H,3-8H2,1-2H3,(H,12,13);1H4. The van der Waals surface area contributed by atoms with Gasteiger partial charge >= 0.3 is 0 Å². The van der Waals surface area contributed by atoms with Crippen molar-refractivity contribution in [3.63, 3.8) is 0 Å². The molecule has 0 aromatic rings. The molecule has 2 heteroatoms. The molecule has 0 aliphatic heterocycles. The largest absolute Gasteiger partial charge is 0.353 e. The molecule has 1 aliphatic carbocycles. The maximum Gasteiger partial charge on any atom is 0.220 e. The van der Waals surface area contributed by atoms with Crippen molar-refractivity contribution in [2.45, 2.75) is 65.8 Å². The summed E-state index contributed by atoms with van der Waals surface area (Å²) >= 11 is 0. The molecule has 1 fully saturated rings. The van der Waals surface area contributed by atoms with Gasteiger partial charge in [0.25, 0.3) is 0 Å².